The van der Waals surface area contributed by atoms with Crippen LogP contribution in [0.25, 0.3) is 10.9 Å². The summed E-state index contributed by atoms with van der Waals surface area (Å²) in [6.07, 6.45) is 0. The summed E-state index contributed by atoms with van der Waals surface area (Å²) in [6.45, 7) is 0.653. The van der Waals surface area contributed by atoms with Gasteiger partial charge < -0.3 is 14.8 Å². The Morgan fingerprint density at radius 1 is 1.19 bits per heavy atom. The summed E-state index contributed by atoms with van der Waals surface area (Å²) in [5.74, 6) is 1.36. The molecular formula is C20H15N3O3S. The van der Waals surface area contributed by atoms with Crippen LogP contribution in [0.2, 0.25) is 0 Å². The Balaban J connectivity index is 1.47. The second-order valence-corrected chi connectivity index (χ2v) is 6.87. The molecule has 2 heterocycles. The lowest BCUT2D eigenvalue weighted by molar-refractivity contribution is -0.118. The van der Waals surface area contributed by atoms with Crippen molar-refractivity contribution in [3.05, 3.63) is 59.7 Å². The van der Waals surface area contributed by atoms with Crippen LogP contribution in [0.5, 0.6) is 11.5 Å². The average Bonchev–Trinajstić information content (AvgIpc) is 3.16. The van der Waals surface area contributed by atoms with Crippen molar-refractivity contribution >= 4 is 28.6 Å². The zero-order chi connectivity index (χ0) is 18.6. The number of carbonyl (C=O) groups excluding carboxylic acids is 1. The molecular weight excluding hydrogens is 362 g/mol. The average molecular weight is 377 g/mol. The van der Waals surface area contributed by atoms with Gasteiger partial charge in [0.2, 0.25) is 12.7 Å². The maximum atomic E-state index is 12.1. The number of nitriles is 1. The first-order valence-corrected chi connectivity index (χ1v) is 9.29. The molecule has 4 rings (SSSR count). The van der Waals surface area contributed by atoms with Crippen molar-refractivity contribution in [2.24, 2.45) is 0 Å². The van der Waals surface area contributed by atoms with E-state index in [4.69, 9.17) is 9.47 Å². The van der Waals surface area contributed by atoms with Crippen molar-refractivity contribution < 1.29 is 14.3 Å². The first-order valence-electron chi connectivity index (χ1n) is 8.31. The molecule has 2 aromatic carbocycles. The minimum absolute atomic E-state index is 0.111. The fraction of sp³-hybridized carbons (Fsp3) is 0.150. The van der Waals surface area contributed by atoms with Gasteiger partial charge >= 0.3 is 0 Å². The van der Waals surface area contributed by atoms with Gasteiger partial charge in [0, 0.05) is 18.0 Å². The molecule has 0 saturated heterocycles. The van der Waals surface area contributed by atoms with E-state index in [0.29, 0.717) is 34.1 Å². The Labute approximate surface area is 160 Å². The first kappa shape index (κ1) is 17.2. The molecule has 0 atom stereocenters. The van der Waals surface area contributed by atoms with Crippen LogP contribution in [-0.4, -0.2) is 23.4 Å². The van der Waals surface area contributed by atoms with E-state index in [-0.39, 0.29) is 18.5 Å². The van der Waals surface area contributed by atoms with Gasteiger partial charge in [-0.1, -0.05) is 42.1 Å². The SMILES string of the molecule is N#Cc1cc2cc3c(cc2nc1SCC(=O)NCc1ccccc1)OCO3. The molecule has 0 spiro atoms. The van der Waals surface area contributed by atoms with Gasteiger partial charge in [0.1, 0.15) is 11.1 Å². The summed E-state index contributed by atoms with van der Waals surface area (Å²) in [5.41, 5.74) is 2.17. The van der Waals surface area contributed by atoms with Crippen LogP contribution >= 0.6 is 11.8 Å². The summed E-state index contributed by atoms with van der Waals surface area (Å²) in [5, 5.41) is 13.6. The van der Waals surface area contributed by atoms with E-state index in [2.05, 4.69) is 16.4 Å². The number of thioether (sulfide) groups is 1. The first-order chi connectivity index (χ1) is 13.2. The molecule has 1 aliphatic rings. The Morgan fingerprint density at radius 3 is 2.74 bits per heavy atom. The number of aromatic nitrogens is 1. The van der Waals surface area contributed by atoms with Crippen LogP contribution in [0.4, 0.5) is 0 Å². The molecule has 1 aliphatic heterocycles. The molecule has 1 amide bonds. The molecule has 0 radical (unpaired) electrons. The molecule has 0 bridgehead atoms. The number of fused-ring (bicyclic) bond motifs is 2. The molecule has 134 valence electrons. The van der Waals surface area contributed by atoms with E-state index in [1.807, 2.05) is 36.4 Å². The molecule has 6 nitrogen and oxygen atoms in total. The summed E-state index contributed by atoms with van der Waals surface area (Å²) in [6, 6.07) is 17.2. The maximum Gasteiger partial charge on any atom is 0.231 e. The van der Waals surface area contributed by atoms with Crippen LogP contribution in [0.3, 0.4) is 0 Å². The second-order valence-electron chi connectivity index (χ2n) is 5.90. The highest BCUT2D eigenvalue weighted by Gasteiger charge is 2.17. The van der Waals surface area contributed by atoms with Crippen LogP contribution in [0.1, 0.15) is 11.1 Å². The van der Waals surface area contributed by atoms with E-state index < -0.39 is 0 Å². The standard InChI is InChI=1S/C20H15N3O3S/c21-9-15-6-14-7-17-18(26-12-25-17)8-16(14)23-20(15)27-11-19(24)22-10-13-4-2-1-3-5-13/h1-8H,10-12H2,(H,22,24). The molecule has 27 heavy (non-hydrogen) atoms. The fourth-order valence-electron chi connectivity index (χ4n) is 2.72. The van der Waals surface area contributed by atoms with Crippen LogP contribution in [0.15, 0.2) is 53.6 Å². The van der Waals surface area contributed by atoms with Crippen molar-refractivity contribution in [2.45, 2.75) is 11.6 Å². The molecule has 3 aromatic rings. The molecule has 0 fully saturated rings. The molecule has 1 N–H and O–H groups in total. The molecule has 0 aliphatic carbocycles. The van der Waals surface area contributed by atoms with E-state index >= 15 is 0 Å². The van der Waals surface area contributed by atoms with E-state index in [1.165, 1.54) is 11.8 Å². The van der Waals surface area contributed by atoms with Crippen molar-refractivity contribution in [3.8, 4) is 17.6 Å². The number of carbonyl (C=O) groups is 1. The highest BCUT2D eigenvalue weighted by Crippen LogP contribution is 2.36. The predicted molar refractivity (Wildman–Crippen MR) is 102 cm³/mol. The van der Waals surface area contributed by atoms with Gasteiger partial charge in [0.15, 0.2) is 11.5 Å². The van der Waals surface area contributed by atoms with Gasteiger partial charge in [-0.15, -0.1) is 0 Å². The van der Waals surface area contributed by atoms with Gasteiger partial charge in [-0.05, 0) is 17.7 Å². The Morgan fingerprint density at radius 2 is 1.96 bits per heavy atom. The number of pyridine rings is 1. The van der Waals surface area contributed by atoms with Crippen molar-refractivity contribution in [3.63, 3.8) is 0 Å². The zero-order valence-electron chi connectivity index (χ0n) is 14.3. The van der Waals surface area contributed by atoms with Crippen molar-refractivity contribution in [1.29, 1.82) is 5.26 Å². The second kappa shape index (κ2) is 7.56. The predicted octanol–water partition coefficient (Wildman–Crippen LogP) is 3.24. The fourth-order valence-corrected chi connectivity index (χ4v) is 3.51. The number of benzene rings is 2. The van der Waals surface area contributed by atoms with Crippen LogP contribution < -0.4 is 14.8 Å². The summed E-state index contributed by atoms with van der Waals surface area (Å²) in [4.78, 5) is 16.7. The van der Waals surface area contributed by atoms with Gasteiger partial charge in [0.25, 0.3) is 0 Å². The Hall–Kier alpha value is -3.24. The van der Waals surface area contributed by atoms with E-state index in [0.717, 1.165) is 10.9 Å². The topological polar surface area (TPSA) is 84.2 Å². The number of rotatable bonds is 5. The smallest absolute Gasteiger partial charge is 0.231 e. The van der Waals surface area contributed by atoms with Gasteiger partial charge in [-0.25, -0.2) is 4.98 Å². The molecule has 0 saturated carbocycles. The summed E-state index contributed by atoms with van der Waals surface area (Å²) >= 11 is 1.25. The zero-order valence-corrected chi connectivity index (χ0v) is 15.1. The minimum Gasteiger partial charge on any atom is -0.454 e. The molecule has 7 heteroatoms. The largest absolute Gasteiger partial charge is 0.454 e. The Bertz CT molecular complexity index is 1050. The Kier molecular flexibility index (Phi) is 4.81. The van der Waals surface area contributed by atoms with Gasteiger partial charge in [-0.3, -0.25) is 4.79 Å². The number of ether oxygens (including phenoxy) is 2. The van der Waals surface area contributed by atoms with E-state index in [9.17, 15) is 10.1 Å². The molecule has 1 aromatic heterocycles. The summed E-state index contributed by atoms with van der Waals surface area (Å²) in [7, 11) is 0. The number of nitrogens with zero attached hydrogens (tertiary/aromatic N) is 2. The third-order valence-electron chi connectivity index (χ3n) is 4.07. The van der Waals surface area contributed by atoms with E-state index in [1.54, 1.807) is 12.1 Å². The molecule has 0 unspecified atom stereocenters. The normalized spacial score (nSPS) is 12.0. The van der Waals surface area contributed by atoms with Gasteiger partial charge in [0.05, 0.1) is 16.8 Å². The quantitative estimate of drug-likeness (QED) is 0.687. The minimum atomic E-state index is -0.111. The number of hydrogen-bond acceptors (Lipinski definition) is 6. The number of amides is 1. The third-order valence-corrected chi connectivity index (χ3v) is 5.06. The lowest BCUT2D eigenvalue weighted by Crippen LogP contribution is -2.24. The lowest BCUT2D eigenvalue weighted by Gasteiger charge is -2.08. The van der Waals surface area contributed by atoms with Crippen LogP contribution in [0, 0.1) is 11.3 Å². The lowest BCUT2D eigenvalue weighted by atomic mass is 10.1. The third kappa shape index (κ3) is 3.81. The van der Waals surface area contributed by atoms with Gasteiger partial charge in [-0.2, -0.15) is 5.26 Å². The maximum absolute atomic E-state index is 12.1. The highest BCUT2D eigenvalue weighted by molar-refractivity contribution is 8.00. The summed E-state index contributed by atoms with van der Waals surface area (Å²) < 4.78 is 10.7. The monoisotopic (exact) mass is 377 g/mol. The van der Waals surface area contributed by atoms with Crippen LogP contribution in [-0.2, 0) is 11.3 Å². The highest BCUT2D eigenvalue weighted by atomic mass is 32.2. The number of nitrogens with one attached hydrogen (secondary N) is 1. The number of hydrogen-bond donors (Lipinski definition) is 1. The van der Waals surface area contributed by atoms with Crippen molar-refractivity contribution in [1.82, 2.24) is 10.3 Å². The van der Waals surface area contributed by atoms with Crippen molar-refractivity contribution in [2.75, 3.05) is 12.5 Å².